The Hall–Kier alpha value is -1.32. The van der Waals surface area contributed by atoms with Crippen LogP contribution in [0.2, 0.25) is 0 Å². The molecule has 0 aliphatic carbocycles. The van der Waals surface area contributed by atoms with Gasteiger partial charge in [-0.05, 0) is 44.8 Å². The molecule has 0 spiro atoms. The van der Waals surface area contributed by atoms with Crippen molar-refractivity contribution in [2.24, 2.45) is 0 Å². The molecule has 6 nitrogen and oxygen atoms in total. The van der Waals surface area contributed by atoms with E-state index in [9.17, 15) is 19.7 Å². The Labute approximate surface area is 139 Å². The van der Waals surface area contributed by atoms with Gasteiger partial charge in [0.15, 0.2) is 5.78 Å². The van der Waals surface area contributed by atoms with Crippen LogP contribution in [0.15, 0.2) is 30.7 Å². The molecule has 110 valence electrons. The maximum atomic E-state index is 12.2. The number of hydrogen-bond donors (Lipinski definition) is 0. The van der Waals surface area contributed by atoms with Crippen LogP contribution < -0.4 is 5.56 Å². The number of halogens is 2. The summed E-state index contributed by atoms with van der Waals surface area (Å²) in [4.78, 5) is 34.3. The summed E-state index contributed by atoms with van der Waals surface area (Å²) >= 11 is 7.88. The minimum atomic E-state index is -0.577. The van der Waals surface area contributed by atoms with Gasteiger partial charge < -0.3 is 4.57 Å². The smallest absolute Gasteiger partial charge is 0.288 e. The van der Waals surface area contributed by atoms with Crippen molar-refractivity contribution in [2.45, 2.75) is 13.5 Å². The maximum Gasteiger partial charge on any atom is 0.288 e. The lowest BCUT2D eigenvalue weighted by Crippen LogP contribution is -2.24. The molecule has 0 saturated carbocycles. The predicted molar refractivity (Wildman–Crippen MR) is 86.1 cm³/mol. The molecule has 9 heteroatoms. The molecule has 21 heavy (non-hydrogen) atoms. The van der Waals surface area contributed by atoms with Crippen molar-refractivity contribution >= 4 is 54.7 Å². The van der Waals surface area contributed by atoms with Crippen LogP contribution in [-0.2, 0) is 6.54 Å². The zero-order valence-corrected chi connectivity index (χ0v) is 14.6. The molecule has 0 aliphatic rings. The first-order valence-electron chi connectivity index (χ1n) is 5.63. The molecule has 0 N–H and O–H groups in total. The summed E-state index contributed by atoms with van der Waals surface area (Å²) < 4.78 is 2.47. The van der Waals surface area contributed by atoms with Crippen molar-refractivity contribution in [1.29, 1.82) is 0 Å². The van der Waals surface area contributed by atoms with Crippen LogP contribution in [-0.4, -0.2) is 15.3 Å². The molecular formula is C12H8Br2N2O4S. The number of aryl methyl sites for hydroxylation is 1. The Morgan fingerprint density at radius 2 is 2.10 bits per heavy atom. The Morgan fingerprint density at radius 1 is 1.43 bits per heavy atom. The van der Waals surface area contributed by atoms with E-state index >= 15 is 0 Å². The lowest BCUT2D eigenvalue weighted by molar-refractivity contribution is -0.385. The third-order valence-corrected chi connectivity index (χ3v) is 5.11. The molecule has 0 amide bonds. The highest BCUT2D eigenvalue weighted by Crippen LogP contribution is 2.32. The Balaban J connectivity index is 2.38. The van der Waals surface area contributed by atoms with Crippen molar-refractivity contribution in [3.05, 3.63) is 57.5 Å². The summed E-state index contributed by atoms with van der Waals surface area (Å²) in [6, 6.07) is 2.80. The van der Waals surface area contributed by atoms with Gasteiger partial charge in [-0.25, -0.2) is 0 Å². The number of nitro groups is 1. The lowest BCUT2D eigenvalue weighted by Gasteiger charge is -2.05. The predicted octanol–water partition coefficient (Wildman–Crippen LogP) is 3.53. The summed E-state index contributed by atoms with van der Waals surface area (Å²) in [5, 5.41) is 10.9. The van der Waals surface area contributed by atoms with Gasteiger partial charge in [-0.15, -0.1) is 11.3 Å². The summed E-state index contributed by atoms with van der Waals surface area (Å²) in [6.45, 7) is 1.24. The van der Waals surface area contributed by atoms with Crippen LogP contribution in [0, 0.1) is 17.0 Å². The first-order chi connectivity index (χ1) is 9.79. The zero-order valence-electron chi connectivity index (χ0n) is 10.6. The summed E-state index contributed by atoms with van der Waals surface area (Å²) in [6.07, 6.45) is 1.10. The van der Waals surface area contributed by atoms with Gasteiger partial charge in [-0.1, -0.05) is 0 Å². The number of carbonyl (C=O) groups excluding carboxylic acids is 1. The number of rotatable bonds is 4. The molecular weight excluding hydrogens is 428 g/mol. The van der Waals surface area contributed by atoms with Crippen LogP contribution in [0.5, 0.6) is 0 Å². The summed E-state index contributed by atoms with van der Waals surface area (Å²) in [7, 11) is 0. The summed E-state index contributed by atoms with van der Waals surface area (Å²) in [5.41, 5.74) is 0.0694. The van der Waals surface area contributed by atoms with Crippen LogP contribution >= 0.6 is 43.2 Å². The zero-order chi connectivity index (χ0) is 15.7. The standard InChI is InChI=1S/C12H8Br2N2O4S/c1-6-2-11(18)15(4-8(6)16(19)20)5-9(17)7-3-10(13)21-12(7)14/h2-4H,5H2,1H3. The van der Waals surface area contributed by atoms with Gasteiger partial charge in [0.1, 0.15) is 0 Å². The second kappa shape index (κ2) is 6.20. The molecule has 2 aromatic rings. The van der Waals surface area contributed by atoms with E-state index in [1.165, 1.54) is 18.3 Å². The average Bonchev–Trinajstić information content (AvgIpc) is 2.71. The number of Topliss-reactive ketones (excluding diaryl/α,β-unsaturated/α-hetero) is 1. The highest BCUT2D eigenvalue weighted by Gasteiger charge is 2.18. The highest BCUT2D eigenvalue weighted by atomic mass is 79.9. The number of thiophene rings is 1. The first-order valence-corrected chi connectivity index (χ1v) is 8.03. The van der Waals surface area contributed by atoms with Crippen molar-refractivity contribution in [3.63, 3.8) is 0 Å². The number of hydrogen-bond acceptors (Lipinski definition) is 5. The number of pyridine rings is 1. The molecule has 0 unspecified atom stereocenters. The van der Waals surface area contributed by atoms with E-state index in [1.54, 1.807) is 6.07 Å². The van der Waals surface area contributed by atoms with Crippen molar-refractivity contribution in [3.8, 4) is 0 Å². The molecule has 2 aromatic heterocycles. The third-order valence-electron chi connectivity index (χ3n) is 2.77. The minimum absolute atomic E-state index is 0.187. The van der Waals surface area contributed by atoms with Crippen LogP contribution in [0.25, 0.3) is 0 Å². The van der Waals surface area contributed by atoms with Crippen LogP contribution in [0.4, 0.5) is 5.69 Å². The Kier molecular flexibility index (Phi) is 4.74. The van der Waals surface area contributed by atoms with E-state index in [2.05, 4.69) is 31.9 Å². The maximum absolute atomic E-state index is 12.2. The molecule has 0 radical (unpaired) electrons. The summed E-state index contributed by atoms with van der Waals surface area (Å²) in [5.74, 6) is -0.302. The van der Waals surface area contributed by atoms with Crippen LogP contribution in [0.3, 0.4) is 0 Å². The number of nitrogens with zero attached hydrogens (tertiary/aromatic N) is 2. The van der Waals surface area contributed by atoms with E-state index in [0.29, 0.717) is 9.35 Å². The first kappa shape index (κ1) is 16.1. The molecule has 0 fully saturated rings. The monoisotopic (exact) mass is 434 g/mol. The second-order valence-corrected chi connectivity index (χ2v) is 7.98. The van der Waals surface area contributed by atoms with E-state index in [0.717, 1.165) is 20.6 Å². The van der Waals surface area contributed by atoms with Gasteiger partial charge in [0.2, 0.25) is 0 Å². The van der Waals surface area contributed by atoms with Crippen molar-refractivity contribution < 1.29 is 9.72 Å². The molecule has 2 heterocycles. The molecule has 0 bridgehead atoms. The topological polar surface area (TPSA) is 82.2 Å². The molecule has 0 aliphatic heterocycles. The fraction of sp³-hybridized carbons (Fsp3) is 0.167. The minimum Gasteiger partial charge on any atom is -0.301 e. The third kappa shape index (κ3) is 3.47. The molecule has 0 saturated heterocycles. The van der Waals surface area contributed by atoms with Gasteiger partial charge in [0.05, 0.1) is 25.2 Å². The van der Waals surface area contributed by atoms with Gasteiger partial charge in [0.25, 0.3) is 11.2 Å². The number of ketones is 1. The fourth-order valence-corrected chi connectivity index (χ4v) is 4.60. The van der Waals surface area contributed by atoms with Gasteiger partial charge in [0, 0.05) is 17.2 Å². The molecule has 2 rings (SSSR count). The van der Waals surface area contributed by atoms with E-state index in [1.807, 2.05) is 0 Å². The fourth-order valence-electron chi connectivity index (χ4n) is 1.74. The van der Waals surface area contributed by atoms with Crippen LogP contribution in [0.1, 0.15) is 15.9 Å². The van der Waals surface area contributed by atoms with Gasteiger partial charge in [-0.3, -0.25) is 19.7 Å². The Morgan fingerprint density at radius 3 is 2.62 bits per heavy atom. The number of aromatic nitrogens is 1. The lowest BCUT2D eigenvalue weighted by atomic mass is 10.2. The highest BCUT2D eigenvalue weighted by molar-refractivity contribution is 9.12. The molecule has 0 atom stereocenters. The molecule has 0 aromatic carbocycles. The largest absolute Gasteiger partial charge is 0.301 e. The van der Waals surface area contributed by atoms with Crippen molar-refractivity contribution in [2.75, 3.05) is 0 Å². The van der Waals surface area contributed by atoms with E-state index < -0.39 is 10.5 Å². The Bertz CT molecular complexity index is 797. The quantitative estimate of drug-likeness (QED) is 0.417. The van der Waals surface area contributed by atoms with E-state index in [4.69, 9.17) is 0 Å². The number of carbonyl (C=O) groups is 1. The van der Waals surface area contributed by atoms with Gasteiger partial charge >= 0.3 is 0 Å². The average molecular weight is 436 g/mol. The van der Waals surface area contributed by atoms with E-state index in [-0.39, 0.29) is 23.6 Å². The normalized spacial score (nSPS) is 10.6. The second-order valence-electron chi connectivity index (χ2n) is 4.23. The SMILES string of the molecule is Cc1cc(=O)n(CC(=O)c2cc(Br)sc2Br)cc1[N+](=O)[O-]. The van der Waals surface area contributed by atoms with Crippen molar-refractivity contribution in [1.82, 2.24) is 4.57 Å². The van der Waals surface area contributed by atoms with Gasteiger partial charge in [-0.2, -0.15) is 0 Å².